The molecule has 0 saturated heterocycles. The quantitative estimate of drug-likeness (QED) is 0.551. The zero-order chi connectivity index (χ0) is 18.4. The third-order valence-electron chi connectivity index (χ3n) is 4.24. The minimum absolute atomic E-state index is 0.0107. The first-order valence-electron chi connectivity index (χ1n) is 8.24. The smallest absolute Gasteiger partial charge is 0.370 e. The van der Waals surface area contributed by atoms with Gasteiger partial charge in [0.2, 0.25) is 5.92 Å². The van der Waals surface area contributed by atoms with E-state index < -0.39 is 17.7 Å². The van der Waals surface area contributed by atoms with E-state index in [0.717, 1.165) is 25.1 Å². The van der Waals surface area contributed by atoms with Crippen molar-refractivity contribution in [3.8, 4) is 0 Å². The van der Waals surface area contributed by atoms with Crippen molar-refractivity contribution >= 4 is 5.82 Å². The van der Waals surface area contributed by atoms with Crippen LogP contribution in [0.4, 0.5) is 27.8 Å². The van der Waals surface area contributed by atoms with Crippen LogP contribution in [-0.2, 0) is 6.18 Å². The van der Waals surface area contributed by atoms with Gasteiger partial charge in [-0.05, 0) is 30.4 Å². The fourth-order valence-electron chi connectivity index (χ4n) is 2.64. The summed E-state index contributed by atoms with van der Waals surface area (Å²) in [5.41, 5.74) is -0.811. The summed E-state index contributed by atoms with van der Waals surface area (Å²) >= 11 is 0. The van der Waals surface area contributed by atoms with Gasteiger partial charge in [0.05, 0.1) is 5.56 Å². The summed E-state index contributed by atoms with van der Waals surface area (Å²) in [6, 6.07) is 2.22. The summed E-state index contributed by atoms with van der Waals surface area (Å²) in [5, 5.41) is 2.97. The molecular formula is C17H25F5N2. The van der Waals surface area contributed by atoms with Crippen molar-refractivity contribution < 1.29 is 22.0 Å². The van der Waals surface area contributed by atoms with Gasteiger partial charge in [-0.25, -0.2) is 13.8 Å². The SMILES string of the molecule is CCCC(CNc1ccc(C(F)(F)F)cn1)C(C)CC(F)(F)CC. The highest BCUT2D eigenvalue weighted by Gasteiger charge is 2.32. The van der Waals surface area contributed by atoms with E-state index in [0.29, 0.717) is 12.4 Å². The highest BCUT2D eigenvalue weighted by atomic mass is 19.4. The fraction of sp³-hybridized carbons (Fsp3) is 0.706. The Morgan fingerprint density at radius 1 is 1.12 bits per heavy atom. The second-order valence-corrected chi connectivity index (χ2v) is 6.25. The monoisotopic (exact) mass is 352 g/mol. The average Bonchev–Trinajstić information content (AvgIpc) is 2.50. The van der Waals surface area contributed by atoms with Crippen molar-refractivity contribution in [3.05, 3.63) is 23.9 Å². The molecule has 1 aromatic heterocycles. The summed E-state index contributed by atoms with van der Waals surface area (Å²) in [7, 11) is 0. The predicted octanol–water partition coefficient (Wildman–Crippen LogP) is 6.00. The van der Waals surface area contributed by atoms with Crippen LogP contribution in [0.15, 0.2) is 18.3 Å². The molecule has 0 spiro atoms. The molecule has 0 saturated carbocycles. The highest BCUT2D eigenvalue weighted by molar-refractivity contribution is 5.36. The predicted molar refractivity (Wildman–Crippen MR) is 85.1 cm³/mol. The Hall–Kier alpha value is -1.40. The standard InChI is InChI=1S/C17H25F5N2/c1-4-6-13(12(3)9-16(18,19)5-2)10-23-15-8-7-14(11-24-15)17(20,21)22/h7-8,11-13H,4-6,9-10H2,1-3H3,(H,23,24). The Morgan fingerprint density at radius 3 is 2.25 bits per heavy atom. The van der Waals surface area contributed by atoms with E-state index in [-0.39, 0.29) is 24.7 Å². The van der Waals surface area contributed by atoms with Crippen LogP contribution in [0.25, 0.3) is 0 Å². The zero-order valence-electron chi connectivity index (χ0n) is 14.3. The molecule has 1 heterocycles. The maximum Gasteiger partial charge on any atom is 0.417 e. The van der Waals surface area contributed by atoms with Crippen LogP contribution < -0.4 is 5.32 Å². The van der Waals surface area contributed by atoms with Crippen LogP contribution in [0, 0.1) is 11.8 Å². The molecule has 2 unspecified atom stereocenters. The Balaban J connectivity index is 2.66. The lowest BCUT2D eigenvalue weighted by Crippen LogP contribution is -2.27. The number of nitrogens with one attached hydrogen (secondary N) is 1. The number of anilines is 1. The molecule has 0 aliphatic heterocycles. The molecule has 1 aromatic rings. The Kier molecular flexibility index (Phi) is 7.42. The summed E-state index contributed by atoms with van der Waals surface area (Å²) < 4.78 is 64.7. The third-order valence-corrected chi connectivity index (χ3v) is 4.24. The van der Waals surface area contributed by atoms with Gasteiger partial charge in [-0.15, -0.1) is 0 Å². The Labute approximate surface area is 139 Å². The first-order chi connectivity index (χ1) is 11.1. The van der Waals surface area contributed by atoms with Gasteiger partial charge in [-0.3, -0.25) is 0 Å². The van der Waals surface area contributed by atoms with Crippen LogP contribution in [0.3, 0.4) is 0 Å². The number of halogens is 5. The lowest BCUT2D eigenvalue weighted by Gasteiger charge is -2.27. The molecule has 0 aromatic carbocycles. The molecule has 24 heavy (non-hydrogen) atoms. The number of rotatable bonds is 9. The van der Waals surface area contributed by atoms with E-state index >= 15 is 0 Å². The van der Waals surface area contributed by atoms with E-state index in [1.807, 2.05) is 6.92 Å². The Morgan fingerprint density at radius 2 is 1.79 bits per heavy atom. The largest absolute Gasteiger partial charge is 0.417 e. The number of pyridine rings is 1. The van der Waals surface area contributed by atoms with E-state index in [9.17, 15) is 22.0 Å². The van der Waals surface area contributed by atoms with Crippen LogP contribution >= 0.6 is 0 Å². The van der Waals surface area contributed by atoms with Crippen LogP contribution in [0.5, 0.6) is 0 Å². The summed E-state index contributed by atoms with van der Waals surface area (Å²) in [6.07, 6.45) is -2.40. The van der Waals surface area contributed by atoms with Crippen LogP contribution in [-0.4, -0.2) is 17.5 Å². The molecule has 2 nitrogen and oxygen atoms in total. The van der Waals surface area contributed by atoms with E-state index in [4.69, 9.17) is 0 Å². The summed E-state index contributed by atoms with van der Waals surface area (Å²) in [5.74, 6) is -2.55. The number of hydrogen-bond acceptors (Lipinski definition) is 2. The van der Waals surface area contributed by atoms with E-state index in [1.165, 1.54) is 13.0 Å². The topological polar surface area (TPSA) is 24.9 Å². The average molecular weight is 352 g/mol. The summed E-state index contributed by atoms with van der Waals surface area (Å²) in [4.78, 5) is 3.75. The second-order valence-electron chi connectivity index (χ2n) is 6.25. The van der Waals surface area contributed by atoms with Gasteiger partial charge in [0, 0.05) is 25.6 Å². The maximum atomic E-state index is 13.6. The summed E-state index contributed by atoms with van der Waals surface area (Å²) in [6.45, 7) is 5.65. The van der Waals surface area contributed by atoms with Gasteiger partial charge in [0.1, 0.15) is 5.82 Å². The number of aromatic nitrogens is 1. The molecule has 1 N–H and O–H groups in total. The van der Waals surface area contributed by atoms with Gasteiger partial charge in [-0.1, -0.05) is 27.2 Å². The lowest BCUT2D eigenvalue weighted by atomic mass is 9.85. The number of nitrogens with zero attached hydrogens (tertiary/aromatic N) is 1. The van der Waals surface area contributed by atoms with Gasteiger partial charge in [-0.2, -0.15) is 13.2 Å². The molecule has 0 fully saturated rings. The molecule has 7 heteroatoms. The van der Waals surface area contributed by atoms with Crippen molar-refractivity contribution in [1.29, 1.82) is 0 Å². The van der Waals surface area contributed by atoms with E-state index in [2.05, 4.69) is 10.3 Å². The van der Waals surface area contributed by atoms with Crippen molar-refractivity contribution in [2.75, 3.05) is 11.9 Å². The maximum absolute atomic E-state index is 13.6. The molecule has 1 rings (SSSR count). The molecule has 0 bridgehead atoms. The van der Waals surface area contributed by atoms with Crippen molar-refractivity contribution in [1.82, 2.24) is 4.98 Å². The highest BCUT2D eigenvalue weighted by Crippen LogP contribution is 2.32. The molecular weight excluding hydrogens is 327 g/mol. The number of hydrogen-bond donors (Lipinski definition) is 1. The first-order valence-corrected chi connectivity index (χ1v) is 8.24. The van der Waals surface area contributed by atoms with Crippen molar-refractivity contribution in [2.24, 2.45) is 11.8 Å². The normalized spacial score (nSPS) is 15.2. The van der Waals surface area contributed by atoms with Gasteiger partial charge >= 0.3 is 6.18 Å². The van der Waals surface area contributed by atoms with Crippen molar-refractivity contribution in [3.63, 3.8) is 0 Å². The Bertz CT molecular complexity index is 485. The molecule has 0 aliphatic rings. The van der Waals surface area contributed by atoms with Crippen LogP contribution in [0.2, 0.25) is 0 Å². The van der Waals surface area contributed by atoms with Gasteiger partial charge in [0.15, 0.2) is 0 Å². The second kappa shape index (κ2) is 8.62. The van der Waals surface area contributed by atoms with Gasteiger partial charge < -0.3 is 5.32 Å². The third kappa shape index (κ3) is 6.61. The fourth-order valence-corrected chi connectivity index (χ4v) is 2.64. The molecule has 0 amide bonds. The number of alkyl halides is 5. The molecule has 0 radical (unpaired) electrons. The van der Waals surface area contributed by atoms with Crippen LogP contribution in [0.1, 0.15) is 52.0 Å². The molecule has 0 aliphatic carbocycles. The molecule has 2 atom stereocenters. The molecule has 138 valence electrons. The van der Waals surface area contributed by atoms with E-state index in [1.54, 1.807) is 6.92 Å². The minimum Gasteiger partial charge on any atom is -0.370 e. The van der Waals surface area contributed by atoms with Gasteiger partial charge in [0.25, 0.3) is 0 Å². The zero-order valence-corrected chi connectivity index (χ0v) is 14.3. The first kappa shape index (κ1) is 20.6. The minimum atomic E-state index is -4.42. The lowest BCUT2D eigenvalue weighted by molar-refractivity contribution is -0.137. The van der Waals surface area contributed by atoms with Crippen molar-refractivity contribution in [2.45, 2.75) is 58.6 Å².